The first-order valence-corrected chi connectivity index (χ1v) is 5.69. The average molecular weight is 201 g/mol. The lowest BCUT2D eigenvalue weighted by molar-refractivity contribution is -0.120. The van der Waals surface area contributed by atoms with E-state index in [0.29, 0.717) is 0 Å². The van der Waals surface area contributed by atoms with Gasteiger partial charge in [-0.3, -0.25) is 4.79 Å². The molecule has 0 saturated heterocycles. The van der Waals surface area contributed by atoms with E-state index in [0.717, 1.165) is 30.4 Å². The number of carbonyl (C=O) groups excluding carboxylic acids is 1. The minimum absolute atomic E-state index is 0.216. The Morgan fingerprint density at radius 2 is 1.73 bits per heavy atom. The smallest absolute Gasteiger partial charge is 0.227 e. The lowest BCUT2D eigenvalue weighted by atomic mass is 10.0. The molecule has 15 heavy (non-hydrogen) atoms. The number of anilines is 1. The van der Waals surface area contributed by atoms with Gasteiger partial charge in [0, 0.05) is 11.6 Å². The van der Waals surface area contributed by atoms with Crippen molar-refractivity contribution < 1.29 is 4.79 Å². The molecule has 1 aromatic rings. The Hall–Kier alpha value is -1.31. The van der Waals surface area contributed by atoms with Crippen molar-refractivity contribution in [1.82, 2.24) is 0 Å². The highest BCUT2D eigenvalue weighted by molar-refractivity contribution is 5.92. The molecule has 3 rings (SSSR count). The van der Waals surface area contributed by atoms with Crippen molar-refractivity contribution >= 4 is 11.6 Å². The number of fused-ring (bicyclic) bond motifs is 1. The van der Waals surface area contributed by atoms with Crippen LogP contribution in [0.25, 0.3) is 0 Å². The summed E-state index contributed by atoms with van der Waals surface area (Å²) < 4.78 is 0. The van der Waals surface area contributed by atoms with Crippen LogP contribution in [-0.4, -0.2) is 5.91 Å². The summed E-state index contributed by atoms with van der Waals surface area (Å²) in [7, 11) is 0. The highest BCUT2D eigenvalue weighted by Gasteiger charge is 2.47. The summed E-state index contributed by atoms with van der Waals surface area (Å²) in [4.78, 5) is 11.9. The maximum atomic E-state index is 11.9. The van der Waals surface area contributed by atoms with E-state index in [1.54, 1.807) is 0 Å². The third kappa shape index (κ3) is 1.76. The second-order valence-electron chi connectivity index (χ2n) is 4.78. The van der Waals surface area contributed by atoms with Crippen molar-refractivity contribution in [2.45, 2.75) is 19.3 Å². The fourth-order valence-corrected chi connectivity index (χ4v) is 2.69. The maximum absolute atomic E-state index is 11.9. The van der Waals surface area contributed by atoms with Crippen LogP contribution in [0.1, 0.15) is 19.3 Å². The average Bonchev–Trinajstić information content (AvgIpc) is 2.87. The molecule has 2 aliphatic carbocycles. The molecule has 0 spiro atoms. The Kier molecular flexibility index (Phi) is 2.01. The standard InChI is InChI=1S/C13H15NO/c15-13(11-7-9-6-10(9)8-11)14-12-4-2-1-3-5-12/h1-5,9-11H,6-8H2,(H,14,15). The molecule has 1 N–H and O–H groups in total. The largest absolute Gasteiger partial charge is 0.326 e. The van der Waals surface area contributed by atoms with Gasteiger partial charge >= 0.3 is 0 Å². The number of hydrogen-bond acceptors (Lipinski definition) is 1. The fraction of sp³-hybridized carbons (Fsp3) is 0.462. The minimum Gasteiger partial charge on any atom is -0.326 e. The number of carbonyl (C=O) groups is 1. The predicted octanol–water partition coefficient (Wildman–Crippen LogP) is 2.67. The van der Waals surface area contributed by atoms with E-state index in [2.05, 4.69) is 5.32 Å². The van der Waals surface area contributed by atoms with Crippen molar-refractivity contribution in [3.8, 4) is 0 Å². The van der Waals surface area contributed by atoms with Gasteiger partial charge in [0.2, 0.25) is 5.91 Å². The number of hydrogen-bond donors (Lipinski definition) is 1. The van der Waals surface area contributed by atoms with Crippen molar-refractivity contribution in [2.24, 2.45) is 17.8 Å². The van der Waals surface area contributed by atoms with Crippen LogP contribution >= 0.6 is 0 Å². The molecule has 2 aliphatic rings. The van der Waals surface area contributed by atoms with Gasteiger partial charge in [-0.25, -0.2) is 0 Å². The predicted molar refractivity (Wildman–Crippen MR) is 59.4 cm³/mol. The van der Waals surface area contributed by atoms with Gasteiger partial charge in [0.15, 0.2) is 0 Å². The molecule has 0 aromatic heterocycles. The summed E-state index contributed by atoms with van der Waals surface area (Å²) in [5.41, 5.74) is 0.920. The molecule has 1 aromatic carbocycles. The molecule has 0 aliphatic heterocycles. The molecule has 2 saturated carbocycles. The van der Waals surface area contributed by atoms with Gasteiger partial charge in [-0.05, 0) is 43.2 Å². The molecule has 78 valence electrons. The third-order valence-corrected chi connectivity index (χ3v) is 3.66. The topological polar surface area (TPSA) is 29.1 Å². The van der Waals surface area contributed by atoms with Crippen molar-refractivity contribution in [2.75, 3.05) is 5.32 Å². The van der Waals surface area contributed by atoms with E-state index in [-0.39, 0.29) is 11.8 Å². The quantitative estimate of drug-likeness (QED) is 0.783. The molecule has 1 amide bonds. The zero-order valence-corrected chi connectivity index (χ0v) is 8.65. The molecule has 2 nitrogen and oxygen atoms in total. The van der Waals surface area contributed by atoms with E-state index < -0.39 is 0 Å². The minimum atomic E-state index is 0.216. The normalized spacial score (nSPS) is 32.1. The lowest BCUT2D eigenvalue weighted by Gasteiger charge is -2.11. The fourth-order valence-electron chi connectivity index (χ4n) is 2.69. The van der Waals surface area contributed by atoms with Crippen LogP contribution < -0.4 is 5.32 Å². The number of nitrogens with one attached hydrogen (secondary N) is 1. The van der Waals surface area contributed by atoms with Gasteiger partial charge in [0.25, 0.3) is 0 Å². The van der Waals surface area contributed by atoms with Crippen LogP contribution in [0.3, 0.4) is 0 Å². The summed E-state index contributed by atoms with van der Waals surface area (Å²) in [6.07, 6.45) is 3.60. The van der Waals surface area contributed by atoms with E-state index in [1.165, 1.54) is 6.42 Å². The second-order valence-corrected chi connectivity index (χ2v) is 4.78. The van der Waals surface area contributed by atoms with E-state index >= 15 is 0 Å². The summed E-state index contributed by atoms with van der Waals surface area (Å²) >= 11 is 0. The van der Waals surface area contributed by atoms with Crippen LogP contribution in [0, 0.1) is 17.8 Å². The lowest BCUT2D eigenvalue weighted by Crippen LogP contribution is -2.21. The molecule has 0 bridgehead atoms. The number of benzene rings is 1. The zero-order valence-electron chi connectivity index (χ0n) is 8.65. The first-order valence-electron chi connectivity index (χ1n) is 5.69. The van der Waals surface area contributed by atoms with Crippen LogP contribution in [0.4, 0.5) is 5.69 Å². The molecule has 0 radical (unpaired) electrons. The number of para-hydroxylation sites is 1. The Balaban J connectivity index is 1.61. The van der Waals surface area contributed by atoms with Crippen LogP contribution in [-0.2, 0) is 4.79 Å². The Labute approximate surface area is 89.7 Å². The van der Waals surface area contributed by atoms with Crippen molar-refractivity contribution in [3.05, 3.63) is 30.3 Å². The van der Waals surface area contributed by atoms with Gasteiger partial charge in [-0.15, -0.1) is 0 Å². The second kappa shape index (κ2) is 3.37. The first kappa shape index (κ1) is 8.96. The van der Waals surface area contributed by atoms with Crippen LogP contribution in [0.2, 0.25) is 0 Å². The van der Waals surface area contributed by atoms with Gasteiger partial charge in [-0.1, -0.05) is 18.2 Å². The highest BCUT2D eigenvalue weighted by Crippen LogP contribution is 2.54. The monoisotopic (exact) mass is 201 g/mol. The Morgan fingerprint density at radius 3 is 2.40 bits per heavy atom. The molecule has 2 heteroatoms. The summed E-state index contributed by atoms with van der Waals surface area (Å²) in [6, 6.07) is 9.73. The van der Waals surface area contributed by atoms with E-state index in [9.17, 15) is 4.79 Å². The zero-order chi connectivity index (χ0) is 10.3. The third-order valence-electron chi connectivity index (χ3n) is 3.66. The van der Waals surface area contributed by atoms with Crippen molar-refractivity contribution in [3.63, 3.8) is 0 Å². The first-order chi connectivity index (χ1) is 7.33. The summed E-state index contributed by atoms with van der Waals surface area (Å²) in [5.74, 6) is 2.23. The summed E-state index contributed by atoms with van der Waals surface area (Å²) in [6.45, 7) is 0. The summed E-state index contributed by atoms with van der Waals surface area (Å²) in [5, 5.41) is 2.99. The van der Waals surface area contributed by atoms with Crippen molar-refractivity contribution in [1.29, 1.82) is 0 Å². The molecule has 2 atom stereocenters. The number of rotatable bonds is 2. The van der Waals surface area contributed by atoms with Gasteiger partial charge in [-0.2, -0.15) is 0 Å². The van der Waals surface area contributed by atoms with E-state index in [1.807, 2.05) is 30.3 Å². The molecule has 0 heterocycles. The Bertz CT molecular complexity index is 363. The number of amides is 1. The van der Waals surface area contributed by atoms with Gasteiger partial charge < -0.3 is 5.32 Å². The highest BCUT2D eigenvalue weighted by atomic mass is 16.1. The molecule has 2 fully saturated rings. The van der Waals surface area contributed by atoms with Gasteiger partial charge in [0.1, 0.15) is 0 Å². The molecule has 2 unspecified atom stereocenters. The maximum Gasteiger partial charge on any atom is 0.227 e. The van der Waals surface area contributed by atoms with Crippen LogP contribution in [0.15, 0.2) is 30.3 Å². The van der Waals surface area contributed by atoms with E-state index in [4.69, 9.17) is 0 Å². The SMILES string of the molecule is O=C(Nc1ccccc1)C1CC2CC2C1. The molecular formula is C13H15NO. The Morgan fingerprint density at radius 1 is 1.07 bits per heavy atom. The van der Waals surface area contributed by atoms with Crippen LogP contribution in [0.5, 0.6) is 0 Å². The molecular weight excluding hydrogens is 186 g/mol. The van der Waals surface area contributed by atoms with Gasteiger partial charge in [0.05, 0.1) is 0 Å².